The fourth-order valence-electron chi connectivity index (χ4n) is 4.61. The third-order valence-electron chi connectivity index (χ3n) is 6.61. The van der Waals surface area contributed by atoms with Crippen molar-refractivity contribution in [2.75, 3.05) is 0 Å². The number of phenolic OH excluding ortho intramolecular Hbond substituents is 1. The normalized spacial score (nSPS) is 16.7. The van der Waals surface area contributed by atoms with Crippen molar-refractivity contribution < 1.29 is 15.0 Å². The molecule has 30 heavy (non-hydrogen) atoms. The van der Waals surface area contributed by atoms with E-state index in [1.54, 1.807) is 6.07 Å². The molecule has 0 saturated heterocycles. The van der Waals surface area contributed by atoms with Crippen LogP contribution in [0.4, 0.5) is 0 Å². The minimum absolute atomic E-state index is 0.0261. The Kier molecular flexibility index (Phi) is 4.73. The highest BCUT2D eigenvalue weighted by Gasteiger charge is 2.37. The molecule has 1 aliphatic rings. The molecular weight excluding hydrogens is 372 g/mol. The fourth-order valence-corrected chi connectivity index (χ4v) is 4.61. The molecule has 3 heteroatoms. The van der Waals surface area contributed by atoms with Gasteiger partial charge in [0.25, 0.3) is 0 Å². The molecule has 0 aliphatic heterocycles. The zero-order valence-electron chi connectivity index (χ0n) is 18.0. The first-order valence-corrected chi connectivity index (χ1v) is 10.4. The molecule has 154 valence electrons. The van der Waals surface area contributed by atoms with Gasteiger partial charge in [0.15, 0.2) is 0 Å². The van der Waals surface area contributed by atoms with E-state index in [0.29, 0.717) is 11.1 Å². The summed E-state index contributed by atoms with van der Waals surface area (Å²) in [4.78, 5) is 12.0. The first kappa shape index (κ1) is 20.2. The number of carboxylic acid groups (broad SMARTS) is 1. The first-order valence-electron chi connectivity index (χ1n) is 10.4. The molecule has 0 bridgehead atoms. The van der Waals surface area contributed by atoms with Crippen LogP contribution in [0, 0.1) is 0 Å². The summed E-state index contributed by atoms with van der Waals surface area (Å²) in [7, 11) is 0. The van der Waals surface area contributed by atoms with Crippen LogP contribution in [0.2, 0.25) is 0 Å². The lowest BCUT2D eigenvalue weighted by molar-refractivity contribution is 0.0697. The summed E-state index contributed by atoms with van der Waals surface area (Å²) in [6.45, 7) is 9.07. The van der Waals surface area contributed by atoms with Crippen molar-refractivity contribution >= 4 is 5.97 Å². The summed E-state index contributed by atoms with van der Waals surface area (Å²) < 4.78 is 0. The smallest absolute Gasteiger partial charge is 0.336 e. The minimum Gasteiger partial charge on any atom is -0.507 e. The summed E-state index contributed by atoms with van der Waals surface area (Å²) >= 11 is 0. The Morgan fingerprint density at radius 1 is 0.767 bits per heavy atom. The summed E-state index contributed by atoms with van der Waals surface area (Å²) in [6.07, 6.45) is 2.22. The van der Waals surface area contributed by atoms with E-state index in [1.165, 1.54) is 17.2 Å². The summed E-state index contributed by atoms with van der Waals surface area (Å²) in [5.74, 6) is -1.07. The van der Waals surface area contributed by atoms with Crippen LogP contribution >= 0.6 is 0 Å². The van der Waals surface area contributed by atoms with Gasteiger partial charge in [-0.2, -0.15) is 0 Å². The van der Waals surface area contributed by atoms with Gasteiger partial charge in [-0.3, -0.25) is 0 Å². The largest absolute Gasteiger partial charge is 0.507 e. The zero-order valence-corrected chi connectivity index (χ0v) is 18.0. The molecule has 3 nitrogen and oxygen atoms in total. The fraction of sp³-hybridized carbons (Fsp3) is 0.296. The SMILES string of the molecule is CC1(C)CCC(C)(C)c2cc(-c3cc(-c4ccccc4)c(O)cc3C(=O)O)ccc21. The number of rotatable bonds is 3. The summed E-state index contributed by atoms with van der Waals surface area (Å²) in [6, 6.07) is 19.1. The molecule has 4 rings (SSSR count). The Morgan fingerprint density at radius 3 is 2.03 bits per heavy atom. The van der Waals surface area contributed by atoms with Crippen molar-refractivity contribution in [3.05, 3.63) is 77.4 Å². The molecule has 0 fully saturated rings. The standard InChI is InChI=1S/C27H28O3/c1-26(2)12-13-27(3,4)23-14-18(10-11-22(23)26)19-15-20(17-8-6-5-7-9-17)24(28)16-21(19)25(29)30/h5-11,14-16,28H,12-13H2,1-4H3,(H,29,30). The Balaban J connectivity index is 1.95. The van der Waals surface area contributed by atoms with Crippen molar-refractivity contribution in [2.45, 2.75) is 51.4 Å². The molecule has 0 saturated carbocycles. The van der Waals surface area contributed by atoms with Gasteiger partial charge in [0.1, 0.15) is 5.75 Å². The Bertz CT molecular complexity index is 1120. The molecule has 3 aromatic rings. The van der Waals surface area contributed by atoms with E-state index in [0.717, 1.165) is 24.0 Å². The quantitative estimate of drug-likeness (QED) is 0.510. The van der Waals surface area contributed by atoms with Crippen LogP contribution in [-0.4, -0.2) is 16.2 Å². The highest BCUT2D eigenvalue weighted by atomic mass is 16.4. The third-order valence-corrected chi connectivity index (χ3v) is 6.61. The lowest BCUT2D eigenvalue weighted by Crippen LogP contribution is -2.33. The summed E-state index contributed by atoms with van der Waals surface area (Å²) in [5, 5.41) is 20.4. The number of hydrogen-bond acceptors (Lipinski definition) is 2. The Morgan fingerprint density at radius 2 is 1.40 bits per heavy atom. The molecule has 0 unspecified atom stereocenters. The van der Waals surface area contributed by atoms with Gasteiger partial charge in [-0.15, -0.1) is 0 Å². The van der Waals surface area contributed by atoms with Gasteiger partial charge in [0.2, 0.25) is 0 Å². The number of aromatic hydroxyl groups is 1. The van der Waals surface area contributed by atoms with E-state index in [-0.39, 0.29) is 22.1 Å². The second-order valence-electron chi connectivity index (χ2n) is 9.61. The number of hydrogen-bond donors (Lipinski definition) is 2. The van der Waals surface area contributed by atoms with Crippen LogP contribution in [0.1, 0.15) is 62.0 Å². The maximum absolute atomic E-state index is 12.0. The van der Waals surface area contributed by atoms with Crippen LogP contribution in [0.3, 0.4) is 0 Å². The van der Waals surface area contributed by atoms with E-state index < -0.39 is 5.97 Å². The molecule has 0 heterocycles. The average molecular weight is 401 g/mol. The van der Waals surface area contributed by atoms with Crippen LogP contribution in [0.25, 0.3) is 22.3 Å². The molecular formula is C27H28O3. The molecule has 0 atom stereocenters. The monoisotopic (exact) mass is 400 g/mol. The second kappa shape index (κ2) is 7.02. The summed E-state index contributed by atoms with van der Waals surface area (Å²) in [5.41, 5.74) is 5.84. The van der Waals surface area contributed by atoms with Gasteiger partial charge < -0.3 is 10.2 Å². The molecule has 0 aromatic heterocycles. The highest BCUT2D eigenvalue weighted by Crippen LogP contribution is 2.47. The van der Waals surface area contributed by atoms with Crippen LogP contribution in [0.15, 0.2) is 60.7 Å². The van der Waals surface area contributed by atoms with Crippen LogP contribution in [0.5, 0.6) is 5.75 Å². The molecule has 3 aromatic carbocycles. The predicted octanol–water partition coefficient (Wildman–Crippen LogP) is 6.77. The number of carboxylic acids is 1. The predicted molar refractivity (Wildman–Crippen MR) is 121 cm³/mol. The zero-order chi connectivity index (χ0) is 21.7. The maximum Gasteiger partial charge on any atom is 0.336 e. The van der Waals surface area contributed by atoms with Crippen molar-refractivity contribution in [1.82, 2.24) is 0 Å². The van der Waals surface area contributed by atoms with Crippen LogP contribution < -0.4 is 0 Å². The maximum atomic E-state index is 12.0. The van der Waals surface area contributed by atoms with Gasteiger partial charge >= 0.3 is 5.97 Å². The average Bonchev–Trinajstić information content (AvgIpc) is 2.71. The first-order chi connectivity index (χ1) is 14.1. The van der Waals surface area contributed by atoms with Crippen molar-refractivity contribution in [1.29, 1.82) is 0 Å². The van der Waals surface area contributed by atoms with Crippen molar-refractivity contribution in [3.63, 3.8) is 0 Å². The number of phenols is 1. The van der Waals surface area contributed by atoms with Gasteiger partial charge in [-0.05, 0) is 63.6 Å². The Labute approximate surface area is 178 Å². The highest BCUT2D eigenvalue weighted by molar-refractivity contribution is 5.98. The second-order valence-corrected chi connectivity index (χ2v) is 9.61. The molecule has 0 amide bonds. The number of fused-ring (bicyclic) bond motifs is 1. The lowest BCUT2D eigenvalue weighted by Gasteiger charge is -2.42. The van der Waals surface area contributed by atoms with E-state index in [1.807, 2.05) is 36.4 Å². The van der Waals surface area contributed by atoms with Gasteiger partial charge in [-0.1, -0.05) is 76.2 Å². The van der Waals surface area contributed by atoms with Crippen LogP contribution in [-0.2, 0) is 10.8 Å². The third kappa shape index (κ3) is 3.39. The minimum atomic E-state index is -1.04. The van der Waals surface area contributed by atoms with E-state index >= 15 is 0 Å². The van der Waals surface area contributed by atoms with E-state index in [2.05, 4.69) is 39.8 Å². The van der Waals surface area contributed by atoms with Gasteiger partial charge in [0, 0.05) is 5.56 Å². The number of aromatic carboxylic acids is 1. The topological polar surface area (TPSA) is 57.5 Å². The molecule has 0 radical (unpaired) electrons. The van der Waals surface area contributed by atoms with Crippen molar-refractivity contribution in [3.8, 4) is 28.0 Å². The molecule has 0 spiro atoms. The van der Waals surface area contributed by atoms with Gasteiger partial charge in [0.05, 0.1) is 5.56 Å². The van der Waals surface area contributed by atoms with Crippen molar-refractivity contribution in [2.24, 2.45) is 0 Å². The van der Waals surface area contributed by atoms with E-state index in [9.17, 15) is 15.0 Å². The number of benzene rings is 3. The van der Waals surface area contributed by atoms with Gasteiger partial charge in [-0.25, -0.2) is 4.79 Å². The number of carbonyl (C=O) groups is 1. The Hall–Kier alpha value is -3.07. The molecule has 2 N–H and O–H groups in total. The molecule has 1 aliphatic carbocycles. The van der Waals surface area contributed by atoms with E-state index in [4.69, 9.17) is 0 Å². The lowest BCUT2D eigenvalue weighted by atomic mass is 9.63.